The molecule has 1 heterocycles. The molecule has 0 saturated carbocycles. The van der Waals surface area contributed by atoms with E-state index in [4.69, 9.17) is 4.74 Å². The first-order valence-corrected chi connectivity index (χ1v) is 5.61. The maximum atomic E-state index is 11.5. The van der Waals surface area contributed by atoms with Gasteiger partial charge in [-0.05, 0) is 51.8 Å². The number of nitrogens with zero attached hydrogens (tertiary/aromatic N) is 1. The molecule has 0 aliphatic carbocycles. The van der Waals surface area contributed by atoms with Gasteiger partial charge in [0.25, 0.3) is 0 Å². The zero-order chi connectivity index (χ0) is 10.7. The Kier molecular flexibility index (Phi) is 4.07. The molecule has 0 aromatic carbocycles. The fraction of sp³-hybridized carbons (Fsp3) is 0.333. The lowest BCUT2D eigenvalue weighted by Gasteiger charge is -2.08. The highest BCUT2D eigenvalue weighted by Crippen LogP contribution is 2.20. The summed E-state index contributed by atoms with van der Waals surface area (Å²) in [6.07, 6.45) is 1.42. The molecule has 0 N–H and O–H groups in total. The molecule has 0 fully saturated rings. The average molecular weight is 323 g/mol. The van der Waals surface area contributed by atoms with Crippen LogP contribution in [-0.4, -0.2) is 17.1 Å². The van der Waals surface area contributed by atoms with Crippen LogP contribution in [0.25, 0.3) is 0 Å². The quantitative estimate of drug-likeness (QED) is 0.785. The van der Waals surface area contributed by atoms with Gasteiger partial charge in [-0.1, -0.05) is 0 Å². The summed E-state index contributed by atoms with van der Waals surface area (Å²) in [4.78, 5) is 15.4. The molecule has 0 unspecified atom stereocenters. The van der Waals surface area contributed by atoms with E-state index in [1.54, 1.807) is 26.1 Å². The zero-order valence-corrected chi connectivity index (χ0v) is 10.9. The van der Waals surface area contributed by atoms with Crippen molar-refractivity contribution in [2.45, 2.75) is 20.0 Å². The second kappa shape index (κ2) is 4.89. The summed E-state index contributed by atoms with van der Waals surface area (Å²) in [5.74, 6) is -0.417. The van der Waals surface area contributed by atoms with E-state index in [1.807, 2.05) is 0 Å². The van der Waals surface area contributed by atoms with Gasteiger partial charge in [-0.15, -0.1) is 0 Å². The van der Waals surface area contributed by atoms with Gasteiger partial charge in [0.15, 0.2) is 5.69 Å². The third-order valence-corrected chi connectivity index (χ3v) is 2.38. The predicted octanol–water partition coefficient (Wildman–Crippen LogP) is 3.17. The van der Waals surface area contributed by atoms with Crippen LogP contribution < -0.4 is 0 Å². The third kappa shape index (κ3) is 3.06. The minimum absolute atomic E-state index is 0.139. The Morgan fingerprint density at radius 3 is 2.64 bits per heavy atom. The summed E-state index contributed by atoms with van der Waals surface area (Å²) < 4.78 is 6.44. The molecule has 76 valence electrons. The first kappa shape index (κ1) is 11.7. The van der Waals surface area contributed by atoms with E-state index in [2.05, 4.69) is 36.8 Å². The Hall–Kier alpha value is -0.420. The van der Waals surface area contributed by atoms with Crippen molar-refractivity contribution in [3.05, 3.63) is 26.9 Å². The summed E-state index contributed by atoms with van der Waals surface area (Å²) in [6.45, 7) is 3.59. The van der Waals surface area contributed by atoms with E-state index in [-0.39, 0.29) is 6.10 Å². The van der Waals surface area contributed by atoms with Gasteiger partial charge in [-0.25, -0.2) is 9.78 Å². The van der Waals surface area contributed by atoms with Gasteiger partial charge in [0.05, 0.1) is 10.6 Å². The Balaban J connectivity index is 2.90. The number of esters is 1. The second-order valence-electron chi connectivity index (χ2n) is 2.94. The lowest BCUT2D eigenvalue weighted by Crippen LogP contribution is -2.13. The minimum Gasteiger partial charge on any atom is -0.458 e. The van der Waals surface area contributed by atoms with Crippen LogP contribution in [0.3, 0.4) is 0 Å². The van der Waals surface area contributed by atoms with Crippen LogP contribution in [0.4, 0.5) is 0 Å². The summed E-state index contributed by atoms with van der Waals surface area (Å²) in [6, 6.07) is 1.75. The molecule has 1 aromatic heterocycles. The van der Waals surface area contributed by atoms with E-state index in [1.165, 1.54) is 0 Å². The molecule has 0 atom stereocenters. The van der Waals surface area contributed by atoms with Crippen molar-refractivity contribution >= 4 is 37.8 Å². The number of hydrogen-bond donors (Lipinski definition) is 0. The molecule has 0 radical (unpaired) electrons. The Labute approximate surface area is 99.1 Å². The first-order valence-electron chi connectivity index (χ1n) is 4.02. The fourth-order valence-corrected chi connectivity index (χ4v) is 1.98. The largest absolute Gasteiger partial charge is 0.458 e. The maximum absolute atomic E-state index is 11.5. The number of carbonyl (C=O) groups is 1. The monoisotopic (exact) mass is 321 g/mol. The van der Waals surface area contributed by atoms with Crippen molar-refractivity contribution < 1.29 is 9.53 Å². The zero-order valence-electron chi connectivity index (χ0n) is 7.75. The van der Waals surface area contributed by atoms with Crippen molar-refractivity contribution in [2.24, 2.45) is 0 Å². The van der Waals surface area contributed by atoms with Crippen LogP contribution in [-0.2, 0) is 4.74 Å². The van der Waals surface area contributed by atoms with E-state index in [0.717, 1.165) is 4.47 Å². The third-order valence-electron chi connectivity index (χ3n) is 1.34. The van der Waals surface area contributed by atoms with Crippen LogP contribution in [0.1, 0.15) is 24.3 Å². The Morgan fingerprint density at radius 1 is 1.50 bits per heavy atom. The molecule has 0 saturated heterocycles. The minimum atomic E-state index is -0.417. The van der Waals surface area contributed by atoms with Gasteiger partial charge in [0, 0.05) is 10.7 Å². The molecule has 0 aliphatic rings. The van der Waals surface area contributed by atoms with Gasteiger partial charge in [0.2, 0.25) is 0 Å². The van der Waals surface area contributed by atoms with Crippen molar-refractivity contribution in [1.29, 1.82) is 0 Å². The summed E-state index contributed by atoms with van der Waals surface area (Å²) in [5, 5.41) is 0. The van der Waals surface area contributed by atoms with Gasteiger partial charge in [-0.3, -0.25) is 0 Å². The van der Waals surface area contributed by atoms with Crippen molar-refractivity contribution in [1.82, 2.24) is 4.98 Å². The molecule has 1 aromatic rings. The second-order valence-corrected chi connectivity index (χ2v) is 4.71. The molecule has 1 rings (SSSR count). The van der Waals surface area contributed by atoms with Crippen LogP contribution in [0.5, 0.6) is 0 Å². The highest BCUT2D eigenvalue weighted by molar-refractivity contribution is 9.11. The number of ether oxygens (including phenoxy) is 1. The average Bonchev–Trinajstić information content (AvgIpc) is 2.01. The highest BCUT2D eigenvalue weighted by Gasteiger charge is 2.14. The molecule has 0 spiro atoms. The summed E-state index contributed by atoms with van der Waals surface area (Å²) in [7, 11) is 0. The normalized spacial score (nSPS) is 10.4. The first-order chi connectivity index (χ1) is 6.50. The van der Waals surface area contributed by atoms with Gasteiger partial charge in [-0.2, -0.15) is 0 Å². The van der Waals surface area contributed by atoms with E-state index in [9.17, 15) is 4.79 Å². The molecule has 14 heavy (non-hydrogen) atoms. The molecule has 0 bridgehead atoms. The molecule has 3 nitrogen and oxygen atoms in total. The smallest absolute Gasteiger partial charge is 0.358 e. The van der Waals surface area contributed by atoms with E-state index < -0.39 is 5.97 Å². The molecule has 5 heteroatoms. The predicted molar refractivity (Wildman–Crippen MR) is 60.2 cm³/mol. The topological polar surface area (TPSA) is 39.2 Å². The standard InChI is InChI=1S/C9H9Br2NO2/c1-5(2)14-9(13)8-7(11)3-6(10)4-12-8/h3-5H,1-2H3. The number of halogens is 2. The fourth-order valence-electron chi connectivity index (χ4n) is 0.835. The summed E-state index contributed by atoms with van der Waals surface area (Å²) in [5.41, 5.74) is 0.293. The Bertz CT molecular complexity index is 353. The van der Waals surface area contributed by atoms with Crippen molar-refractivity contribution in [2.75, 3.05) is 0 Å². The molecule has 0 amide bonds. The van der Waals surface area contributed by atoms with E-state index in [0.29, 0.717) is 10.2 Å². The van der Waals surface area contributed by atoms with Crippen molar-refractivity contribution in [3.63, 3.8) is 0 Å². The summed E-state index contributed by atoms with van der Waals surface area (Å²) >= 11 is 6.50. The Morgan fingerprint density at radius 2 is 2.14 bits per heavy atom. The SMILES string of the molecule is CC(C)OC(=O)c1ncc(Br)cc1Br. The van der Waals surface area contributed by atoms with Crippen LogP contribution >= 0.6 is 31.9 Å². The molecular weight excluding hydrogens is 314 g/mol. The number of hydrogen-bond acceptors (Lipinski definition) is 3. The van der Waals surface area contributed by atoms with Gasteiger partial charge >= 0.3 is 5.97 Å². The van der Waals surface area contributed by atoms with Gasteiger partial charge < -0.3 is 4.74 Å². The van der Waals surface area contributed by atoms with Crippen molar-refractivity contribution in [3.8, 4) is 0 Å². The number of pyridine rings is 1. The lowest BCUT2D eigenvalue weighted by molar-refractivity contribution is 0.0369. The number of aromatic nitrogens is 1. The van der Waals surface area contributed by atoms with Gasteiger partial charge in [0.1, 0.15) is 0 Å². The van der Waals surface area contributed by atoms with Crippen LogP contribution in [0.15, 0.2) is 21.2 Å². The maximum Gasteiger partial charge on any atom is 0.358 e. The molecule has 0 aliphatic heterocycles. The van der Waals surface area contributed by atoms with Crippen LogP contribution in [0.2, 0.25) is 0 Å². The molecular formula is C9H9Br2NO2. The van der Waals surface area contributed by atoms with E-state index >= 15 is 0 Å². The number of carbonyl (C=O) groups excluding carboxylic acids is 1. The van der Waals surface area contributed by atoms with Crippen LogP contribution in [0, 0.1) is 0 Å². The lowest BCUT2D eigenvalue weighted by atomic mass is 10.3. The highest BCUT2D eigenvalue weighted by atomic mass is 79.9. The number of rotatable bonds is 2.